The lowest BCUT2D eigenvalue weighted by atomic mass is 9.89. The van der Waals surface area contributed by atoms with Crippen molar-refractivity contribution in [1.29, 1.82) is 0 Å². The van der Waals surface area contributed by atoms with Gasteiger partial charge in [0.2, 0.25) is 0 Å². The van der Waals surface area contributed by atoms with Crippen LogP contribution in [0.4, 0.5) is 0 Å². The normalized spacial score (nSPS) is 13.4. The van der Waals surface area contributed by atoms with Crippen LogP contribution in [0.1, 0.15) is 37.8 Å². The van der Waals surface area contributed by atoms with Gasteiger partial charge >= 0.3 is 0 Å². The van der Waals surface area contributed by atoms with Gasteiger partial charge in [0.1, 0.15) is 0 Å². The number of unbranched alkanes of at least 4 members (excludes halogenated alkanes) is 1. The number of benzene rings is 4. The topological polar surface area (TPSA) is 26.0 Å². The van der Waals surface area contributed by atoms with Gasteiger partial charge in [-0.25, -0.2) is 0 Å². The van der Waals surface area contributed by atoms with Crippen LogP contribution in [-0.2, 0) is 0 Å². The number of nitrogens with two attached hydrogens (primary N) is 1. The lowest BCUT2D eigenvalue weighted by Gasteiger charge is -2.18. The Morgan fingerprint density at radius 1 is 0.818 bits per heavy atom. The highest BCUT2D eigenvalue weighted by Gasteiger charge is 2.14. The van der Waals surface area contributed by atoms with Crippen molar-refractivity contribution in [2.24, 2.45) is 5.73 Å². The van der Waals surface area contributed by atoms with Crippen LogP contribution in [0.2, 0.25) is 0 Å². The van der Waals surface area contributed by atoms with Gasteiger partial charge in [0.05, 0.1) is 0 Å². The minimum Gasteiger partial charge on any atom is -0.324 e. The van der Waals surface area contributed by atoms with Crippen molar-refractivity contribution < 1.29 is 0 Å². The minimum absolute atomic E-state index is 0.129. The van der Waals surface area contributed by atoms with E-state index in [9.17, 15) is 0 Å². The second kappa shape index (κ2) is 5.26. The highest BCUT2D eigenvalue weighted by atomic mass is 14.6. The molecule has 0 radical (unpaired) electrons. The summed E-state index contributed by atoms with van der Waals surface area (Å²) < 4.78 is 0. The van der Waals surface area contributed by atoms with Gasteiger partial charge in [0, 0.05) is 6.04 Å². The summed E-state index contributed by atoms with van der Waals surface area (Å²) in [7, 11) is 0. The summed E-state index contributed by atoms with van der Waals surface area (Å²) in [5.41, 5.74) is 7.77. The zero-order chi connectivity index (χ0) is 15.1. The van der Waals surface area contributed by atoms with E-state index in [-0.39, 0.29) is 6.04 Å². The maximum Gasteiger partial charge on any atom is 0.0301 e. The summed E-state index contributed by atoms with van der Waals surface area (Å²) >= 11 is 0. The van der Waals surface area contributed by atoms with Gasteiger partial charge in [-0.2, -0.15) is 0 Å². The van der Waals surface area contributed by atoms with Crippen molar-refractivity contribution in [1.82, 2.24) is 0 Å². The average Bonchev–Trinajstić information content (AvgIpc) is 2.57. The Bertz CT molecular complexity index is 923. The van der Waals surface area contributed by atoms with Crippen LogP contribution in [0.3, 0.4) is 0 Å². The Hall–Kier alpha value is -2.12. The number of rotatable bonds is 4. The highest BCUT2D eigenvalue weighted by molar-refractivity contribution is 6.23. The first-order valence-electron chi connectivity index (χ1n) is 8.21. The second-order valence-corrected chi connectivity index (χ2v) is 6.26. The molecule has 4 aromatic rings. The summed E-state index contributed by atoms with van der Waals surface area (Å²) in [6, 6.07) is 20.1. The van der Waals surface area contributed by atoms with Gasteiger partial charge < -0.3 is 5.73 Å². The molecule has 0 aliphatic heterocycles. The quantitative estimate of drug-likeness (QED) is 0.473. The molecule has 110 valence electrons. The smallest absolute Gasteiger partial charge is 0.0301 e. The highest BCUT2D eigenvalue weighted by Crippen LogP contribution is 2.37. The van der Waals surface area contributed by atoms with E-state index in [1.807, 2.05) is 0 Å². The van der Waals surface area contributed by atoms with Gasteiger partial charge in [-0.3, -0.25) is 0 Å². The molecular formula is C21H21N. The molecule has 0 heterocycles. The van der Waals surface area contributed by atoms with Crippen LogP contribution in [-0.4, -0.2) is 0 Å². The first-order chi connectivity index (χ1) is 10.8. The predicted octanol–water partition coefficient (Wildman–Crippen LogP) is 5.77. The van der Waals surface area contributed by atoms with Crippen molar-refractivity contribution in [2.75, 3.05) is 0 Å². The van der Waals surface area contributed by atoms with E-state index in [0.717, 1.165) is 6.42 Å². The van der Waals surface area contributed by atoms with E-state index in [0.29, 0.717) is 0 Å². The maximum atomic E-state index is 6.48. The molecule has 2 N–H and O–H groups in total. The van der Waals surface area contributed by atoms with Crippen LogP contribution in [0, 0.1) is 0 Å². The van der Waals surface area contributed by atoms with E-state index >= 15 is 0 Å². The van der Waals surface area contributed by atoms with Gasteiger partial charge in [-0.15, -0.1) is 0 Å². The SMILES string of the molecule is CCCC[C@@H](N)c1ccc2ccc3cccc4ccc1c2c34. The zero-order valence-corrected chi connectivity index (χ0v) is 13.0. The third-order valence-electron chi connectivity index (χ3n) is 4.83. The monoisotopic (exact) mass is 287 g/mol. The van der Waals surface area contributed by atoms with E-state index in [1.165, 1.54) is 50.7 Å². The Labute approximate surface area is 131 Å². The Morgan fingerprint density at radius 3 is 2.18 bits per heavy atom. The first-order valence-corrected chi connectivity index (χ1v) is 8.21. The fourth-order valence-corrected chi connectivity index (χ4v) is 3.66. The molecule has 0 bridgehead atoms. The van der Waals surface area contributed by atoms with E-state index in [4.69, 9.17) is 5.73 Å². The molecule has 0 unspecified atom stereocenters. The Kier molecular flexibility index (Phi) is 3.24. The molecule has 22 heavy (non-hydrogen) atoms. The summed E-state index contributed by atoms with van der Waals surface area (Å²) in [6.45, 7) is 2.22. The van der Waals surface area contributed by atoms with Crippen molar-refractivity contribution >= 4 is 32.3 Å². The molecule has 0 aliphatic carbocycles. The largest absolute Gasteiger partial charge is 0.324 e. The summed E-state index contributed by atoms with van der Waals surface area (Å²) in [5.74, 6) is 0. The predicted molar refractivity (Wildman–Crippen MR) is 96.6 cm³/mol. The standard InChI is InChI=1S/C21H21N/c1-2-3-7-19(22)17-12-10-16-9-8-14-5-4-6-15-11-13-18(17)21(16)20(14)15/h4-6,8-13,19H,2-3,7,22H2,1H3/t19-/m1/s1. The molecule has 1 nitrogen and oxygen atoms in total. The molecule has 1 atom stereocenters. The van der Waals surface area contributed by atoms with Crippen molar-refractivity contribution in [3.63, 3.8) is 0 Å². The molecule has 0 saturated heterocycles. The van der Waals surface area contributed by atoms with Crippen LogP contribution in [0.15, 0.2) is 54.6 Å². The maximum absolute atomic E-state index is 6.48. The van der Waals surface area contributed by atoms with Crippen LogP contribution in [0.5, 0.6) is 0 Å². The summed E-state index contributed by atoms with van der Waals surface area (Å²) in [4.78, 5) is 0. The molecule has 0 aliphatic rings. The molecule has 0 aromatic heterocycles. The molecule has 4 aromatic carbocycles. The molecular weight excluding hydrogens is 266 g/mol. The number of hydrogen-bond donors (Lipinski definition) is 1. The second-order valence-electron chi connectivity index (χ2n) is 6.26. The van der Waals surface area contributed by atoms with Gasteiger partial charge in [0.25, 0.3) is 0 Å². The molecule has 0 spiro atoms. The third-order valence-corrected chi connectivity index (χ3v) is 4.83. The van der Waals surface area contributed by atoms with Gasteiger partial charge in [0.15, 0.2) is 0 Å². The van der Waals surface area contributed by atoms with Crippen molar-refractivity contribution in [3.8, 4) is 0 Å². The minimum atomic E-state index is 0.129. The zero-order valence-electron chi connectivity index (χ0n) is 13.0. The summed E-state index contributed by atoms with van der Waals surface area (Å²) in [5, 5.41) is 8.02. The van der Waals surface area contributed by atoms with Crippen LogP contribution >= 0.6 is 0 Å². The van der Waals surface area contributed by atoms with Crippen molar-refractivity contribution in [2.45, 2.75) is 32.2 Å². The van der Waals surface area contributed by atoms with E-state index in [2.05, 4.69) is 61.5 Å². The molecule has 0 fully saturated rings. The van der Waals surface area contributed by atoms with Gasteiger partial charge in [-0.1, -0.05) is 74.4 Å². The average molecular weight is 287 g/mol. The lowest BCUT2D eigenvalue weighted by Crippen LogP contribution is -2.10. The lowest BCUT2D eigenvalue weighted by molar-refractivity contribution is 0.607. The molecule has 0 amide bonds. The van der Waals surface area contributed by atoms with Crippen LogP contribution in [0.25, 0.3) is 32.3 Å². The van der Waals surface area contributed by atoms with Gasteiger partial charge in [-0.05, 0) is 44.3 Å². The van der Waals surface area contributed by atoms with Crippen LogP contribution < -0.4 is 5.73 Å². The molecule has 0 saturated carbocycles. The summed E-state index contributed by atoms with van der Waals surface area (Å²) in [6.07, 6.45) is 3.43. The van der Waals surface area contributed by atoms with E-state index < -0.39 is 0 Å². The first kappa shape index (κ1) is 13.5. The fraction of sp³-hybridized carbons (Fsp3) is 0.238. The Morgan fingerprint density at radius 2 is 1.45 bits per heavy atom. The molecule has 4 rings (SSSR count). The number of hydrogen-bond acceptors (Lipinski definition) is 1. The molecule has 1 heteroatoms. The Balaban J connectivity index is 2.04. The van der Waals surface area contributed by atoms with E-state index in [1.54, 1.807) is 0 Å². The van der Waals surface area contributed by atoms with Crippen molar-refractivity contribution in [3.05, 3.63) is 60.2 Å². The third kappa shape index (κ3) is 1.97. The fourth-order valence-electron chi connectivity index (χ4n) is 3.66.